The van der Waals surface area contributed by atoms with Crippen LogP contribution in [-0.2, 0) is 0 Å². The SMILES string of the molecule is C/C(=C\C(=N/C(C)C(C)C)C(C)C)C(C)C. The fourth-order valence-electron chi connectivity index (χ4n) is 1.14. The first-order valence-electron chi connectivity index (χ1n) is 6.51. The highest BCUT2D eigenvalue weighted by molar-refractivity contribution is 5.97. The van der Waals surface area contributed by atoms with Gasteiger partial charge in [-0.15, -0.1) is 0 Å². The molecule has 1 nitrogen and oxygen atoms in total. The number of rotatable bonds is 5. The van der Waals surface area contributed by atoms with Crippen molar-refractivity contribution in [3.05, 3.63) is 11.6 Å². The van der Waals surface area contributed by atoms with Crippen LogP contribution in [0.1, 0.15) is 55.4 Å². The minimum absolute atomic E-state index is 0.411. The van der Waals surface area contributed by atoms with Crippen molar-refractivity contribution < 1.29 is 0 Å². The van der Waals surface area contributed by atoms with E-state index in [1.165, 1.54) is 11.3 Å². The Balaban J connectivity index is 4.96. The van der Waals surface area contributed by atoms with Crippen molar-refractivity contribution >= 4 is 5.71 Å². The van der Waals surface area contributed by atoms with Crippen molar-refractivity contribution in [3.8, 4) is 0 Å². The van der Waals surface area contributed by atoms with Gasteiger partial charge in [0.2, 0.25) is 0 Å². The van der Waals surface area contributed by atoms with Gasteiger partial charge in [-0.2, -0.15) is 0 Å². The highest BCUT2D eigenvalue weighted by Crippen LogP contribution is 2.13. The molecule has 0 N–H and O–H groups in total. The van der Waals surface area contributed by atoms with Crippen LogP contribution in [0.4, 0.5) is 0 Å². The molecule has 16 heavy (non-hydrogen) atoms. The Morgan fingerprint density at radius 1 is 0.875 bits per heavy atom. The van der Waals surface area contributed by atoms with Crippen molar-refractivity contribution in [1.82, 2.24) is 0 Å². The van der Waals surface area contributed by atoms with E-state index in [1.54, 1.807) is 0 Å². The normalized spacial score (nSPS) is 16.4. The van der Waals surface area contributed by atoms with Crippen LogP contribution >= 0.6 is 0 Å². The maximum atomic E-state index is 4.84. The third-order valence-corrected chi connectivity index (χ3v) is 3.20. The third-order valence-electron chi connectivity index (χ3n) is 3.20. The zero-order valence-electron chi connectivity index (χ0n) is 12.3. The highest BCUT2D eigenvalue weighted by atomic mass is 14.8. The smallest absolute Gasteiger partial charge is 0.0497 e. The summed E-state index contributed by atoms with van der Waals surface area (Å²) in [5.74, 6) is 1.73. The van der Waals surface area contributed by atoms with Crippen molar-refractivity contribution in [2.75, 3.05) is 0 Å². The second kappa shape index (κ2) is 6.88. The van der Waals surface area contributed by atoms with Gasteiger partial charge in [-0.25, -0.2) is 0 Å². The van der Waals surface area contributed by atoms with E-state index in [-0.39, 0.29) is 0 Å². The van der Waals surface area contributed by atoms with E-state index in [0.29, 0.717) is 23.8 Å². The largest absolute Gasteiger partial charge is 0.286 e. The van der Waals surface area contributed by atoms with Crippen molar-refractivity contribution in [1.29, 1.82) is 0 Å². The molecule has 0 aromatic rings. The van der Waals surface area contributed by atoms with Crippen LogP contribution in [0, 0.1) is 17.8 Å². The predicted octanol–water partition coefficient (Wildman–Crippen LogP) is 4.73. The quantitative estimate of drug-likeness (QED) is 0.597. The zero-order chi connectivity index (χ0) is 12.9. The molecule has 1 atom stereocenters. The Kier molecular flexibility index (Phi) is 6.62. The summed E-state index contributed by atoms with van der Waals surface area (Å²) < 4.78 is 0. The minimum Gasteiger partial charge on any atom is -0.286 e. The first-order valence-corrected chi connectivity index (χ1v) is 6.51. The lowest BCUT2D eigenvalue weighted by Crippen LogP contribution is -2.14. The maximum absolute atomic E-state index is 4.84. The average molecular weight is 223 g/mol. The summed E-state index contributed by atoms with van der Waals surface area (Å²) >= 11 is 0. The minimum atomic E-state index is 0.411. The Morgan fingerprint density at radius 3 is 1.69 bits per heavy atom. The molecule has 0 aromatic carbocycles. The molecular formula is C15H29N. The van der Waals surface area contributed by atoms with E-state index in [2.05, 4.69) is 61.5 Å². The van der Waals surface area contributed by atoms with Crippen LogP contribution in [0.25, 0.3) is 0 Å². The summed E-state index contributed by atoms with van der Waals surface area (Å²) in [5.41, 5.74) is 2.66. The van der Waals surface area contributed by atoms with Gasteiger partial charge in [-0.3, -0.25) is 4.99 Å². The zero-order valence-corrected chi connectivity index (χ0v) is 12.3. The van der Waals surface area contributed by atoms with Gasteiger partial charge < -0.3 is 0 Å². The van der Waals surface area contributed by atoms with Gasteiger partial charge in [-0.05, 0) is 37.7 Å². The van der Waals surface area contributed by atoms with Gasteiger partial charge in [0.15, 0.2) is 0 Å². The Bertz CT molecular complexity index is 257. The van der Waals surface area contributed by atoms with E-state index in [0.717, 1.165) is 0 Å². The molecular weight excluding hydrogens is 194 g/mol. The van der Waals surface area contributed by atoms with E-state index in [1.807, 2.05) is 0 Å². The molecule has 0 saturated carbocycles. The van der Waals surface area contributed by atoms with Crippen LogP contribution in [0.2, 0.25) is 0 Å². The standard InChI is InChI=1S/C15H29N/c1-10(2)13(7)9-15(12(5)6)16-14(8)11(3)4/h9-12,14H,1-8H3/b13-9+,16-15+. The Hall–Kier alpha value is -0.590. The summed E-state index contributed by atoms with van der Waals surface area (Å²) in [7, 11) is 0. The van der Waals surface area contributed by atoms with Gasteiger partial charge in [0.1, 0.15) is 0 Å². The van der Waals surface area contributed by atoms with Gasteiger partial charge in [-0.1, -0.05) is 47.1 Å². The number of nitrogens with zero attached hydrogens (tertiary/aromatic N) is 1. The van der Waals surface area contributed by atoms with Crippen LogP contribution in [0.3, 0.4) is 0 Å². The molecule has 0 rings (SSSR count). The second-order valence-electron chi connectivity index (χ2n) is 5.74. The van der Waals surface area contributed by atoms with E-state index >= 15 is 0 Å². The molecule has 0 fully saturated rings. The van der Waals surface area contributed by atoms with E-state index in [4.69, 9.17) is 4.99 Å². The molecule has 0 saturated heterocycles. The monoisotopic (exact) mass is 223 g/mol. The molecule has 0 heterocycles. The van der Waals surface area contributed by atoms with Crippen LogP contribution in [-0.4, -0.2) is 11.8 Å². The van der Waals surface area contributed by atoms with Gasteiger partial charge in [0, 0.05) is 11.8 Å². The summed E-state index contributed by atoms with van der Waals surface area (Å²) in [5, 5.41) is 0. The van der Waals surface area contributed by atoms with E-state index < -0.39 is 0 Å². The second-order valence-corrected chi connectivity index (χ2v) is 5.74. The molecule has 0 amide bonds. The summed E-state index contributed by atoms with van der Waals surface area (Å²) in [6.45, 7) is 17.8. The van der Waals surface area contributed by atoms with Gasteiger partial charge in [0.05, 0.1) is 0 Å². The van der Waals surface area contributed by atoms with E-state index in [9.17, 15) is 0 Å². The fourth-order valence-corrected chi connectivity index (χ4v) is 1.14. The van der Waals surface area contributed by atoms with Gasteiger partial charge in [0.25, 0.3) is 0 Å². The molecule has 0 aliphatic carbocycles. The van der Waals surface area contributed by atoms with Crippen molar-refractivity contribution in [3.63, 3.8) is 0 Å². The third kappa shape index (κ3) is 5.48. The van der Waals surface area contributed by atoms with Crippen molar-refractivity contribution in [2.45, 2.75) is 61.4 Å². The predicted molar refractivity (Wildman–Crippen MR) is 75.2 cm³/mol. The Labute approximate surface area is 102 Å². The molecule has 0 spiro atoms. The van der Waals surface area contributed by atoms with Gasteiger partial charge >= 0.3 is 0 Å². The highest BCUT2D eigenvalue weighted by Gasteiger charge is 2.09. The molecule has 0 radical (unpaired) electrons. The Morgan fingerprint density at radius 2 is 1.38 bits per heavy atom. The molecule has 94 valence electrons. The lowest BCUT2D eigenvalue weighted by Gasteiger charge is -2.16. The van der Waals surface area contributed by atoms with Crippen LogP contribution in [0.5, 0.6) is 0 Å². The first kappa shape index (κ1) is 15.4. The molecule has 0 aliphatic heterocycles. The molecule has 0 aliphatic rings. The summed E-state index contributed by atoms with van der Waals surface area (Å²) in [6, 6.07) is 0.411. The average Bonchev–Trinajstić information content (AvgIpc) is 2.15. The molecule has 0 bridgehead atoms. The lowest BCUT2D eigenvalue weighted by molar-refractivity contribution is 0.529. The summed E-state index contributed by atoms with van der Waals surface area (Å²) in [4.78, 5) is 4.84. The summed E-state index contributed by atoms with van der Waals surface area (Å²) in [6.07, 6.45) is 2.27. The topological polar surface area (TPSA) is 12.4 Å². The molecule has 1 heteroatoms. The number of hydrogen-bond acceptors (Lipinski definition) is 1. The molecule has 0 aromatic heterocycles. The van der Waals surface area contributed by atoms with Crippen molar-refractivity contribution in [2.24, 2.45) is 22.7 Å². The fraction of sp³-hybridized carbons (Fsp3) is 0.800. The number of allylic oxidation sites excluding steroid dienone is 2. The first-order chi connectivity index (χ1) is 7.25. The van der Waals surface area contributed by atoms with Crippen LogP contribution in [0.15, 0.2) is 16.6 Å². The molecule has 1 unspecified atom stereocenters. The number of hydrogen-bond donors (Lipinski definition) is 0. The maximum Gasteiger partial charge on any atom is 0.0497 e. The number of aliphatic imine (C=N–C) groups is 1. The van der Waals surface area contributed by atoms with Crippen LogP contribution < -0.4 is 0 Å². The lowest BCUT2D eigenvalue weighted by atomic mass is 9.98.